The van der Waals surface area contributed by atoms with Crippen LogP contribution in [0.2, 0.25) is 0 Å². The van der Waals surface area contributed by atoms with Crippen molar-refractivity contribution in [1.29, 1.82) is 0 Å². The lowest BCUT2D eigenvalue weighted by Gasteiger charge is -2.34. The van der Waals surface area contributed by atoms with Gasteiger partial charge in [-0.2, -0.15) is 13.2 Å². The van der Waals surface area contributed by atoms with Gasteiger partial charge in [0.2, 0.25) is 5.91 Å². The van der Waals surface area contributed by atoms with Gasteiger partial charge in [-0.1, -0.05) is 26.0 Å². The fourth-order valence-corrected chi connectivity index (χ4v) is 2.20. The summed E-state index contributed by atoms with van der Waals surface area (Å²) in [5, 5.41) is 2.86. The summed E-state index contributed by atoms with van der Waals surface area (Å²) < 4.78 is 37.4. The first-order chi connectivity index (χ1) is 8.70. The van der Waals surface area contributed by atoms with E-state index in [1.165, 1.54) is 12.1 Å². The number of carbonyl (C=O) groups excluding carboxylic acids is 1. The van der Waals surface area contributed by atoms with Crippen LogP contribution in [0, 0.1) is 5.41 Å². The molecule has 2 nitrogen and oxygen atoms in total. The SMILES string of the molecule is CC1(C)CCC(c2ccc(C(F)(F)F)cc2)NC1=O. The number of hydrogen-bond acceptors (Lipinski definition) is 1. The lowest BCUT2D eigenvalue weighted by Crippen LogP contribution is -2.44. The summed E-state index contributed by atoms with van der Waals surface area (Å²) in [4.78, 5) is 11.8. The Labute approximate surface area is 110 Å². The second kappa shape index (κ2) is 4.54. The van der Waals surface area contributed by atoms with Crippen molar-refractivity contribution >= 4 is 5.91 Å². The standard InChI is InChI=1S/C14H16F3NO/c1-13(2)8-7-11(18-12(13)19)9-3-5-10(6-4-9)14(15,16)17/h3-6,11H,7-8H2,1-2H3,(H,18,19). The molecule has 1 amide bonds. The van der Waals surface area contributed by atoms with Gasteiger partial charge in [-0.25, -0.2) is 0 Å². The van der Waals surface area contributed by atoms with Gasteiger partial charge in [0.05, 0.1) is 11.6 Å². The Morgan fingerprint density at radius 1 is 1.21 bits per heavy atom. The first-order valence-electron chi connectivity index (χ1n) is 6.18. The largest absolute Gasteiger partial charge is 0.416 e. The second-order valence-corrected chi connectivity index (χ2v) is 5.57. The zero-order valence-electron chi connectivity index (χ0n) is 10.8. The highest BCUT2D eigenvalue weighted by Gasteiger charge is 2.35. The number of alkyl halides is 3. The first kappa shape index (κ1) is 13.9. The molecule has 1 unspecified atom stereocenters. The van der Waals surface area contributed by atoms with Crippen LogP contribution >= 0.6 is 0 Å². The minimum atomic E-state index is -4.32. The van der Waals surface area contributed by atoms with Crippen LogP contribution in [-0.4, -0.2) is 5.91 Å². The predicted octanol–water partition coefficient (Wildman–Crippen LogP) is 3.68. The van der Waals surface area contributed by atoms with Crippen LogP contribution in [0.5, 0.6) is 0 Å². The molecule has 0 saturated carbocycles. The highest BCUT2D eigenvalue weighted by molar-refractivity contribution is 5.83. The third-order valence-electron chi connectivity index (χ3n) is 3.62. The van der Waals surface area contributed by atoms with E-state index in [9.17, 15) is 18.0 Å². The molecule has 0 spiro atoms. The summed E-state index contributed by atoms with van der Waals surface area (Å²) in [6.45, 7) is 3.73. The molecule has 1 atom stereocenters. The summed E-state index contributed by atoms with van der Waals surface area (Å²) in [6, 6.07) is 4.79. The molecule has 1 aromatic carbocycles. The van der Waals surface area contributed by atoms with Crippen LogP contribution in [0.1, 0.15) is 43.9 Å². The highest BCUT2D eigenvalue weighted by Crippen LogP contribution is 2.35. The van der Waals surface area contributed by atoms with Crippen LogP contribution in [-0.2, 0) is 11.0 Å². The monoisotopic (exact) mass is 271 g/mol. The van der Waals surface area contributed by atoms with E-state index in [1.54, 1.807) is 0 Å². The maximum atomic E-state index is 12.5. The quantitative estimate of drug-likeness (QED) is 0.829. The zero-order chi connectivity index (χ0) is 14.3. The van der Waals surface area contributed by atoms with E-state index < -0.39 is 17.2 Å². The number of halogens is 3. The van der Waals surface area contributed by atoms with Gasteiger partial charge >= 0.3 is 6.18 Å². The Hall–Kier alpha value is -1.52. The van der Waals surface area contributed by atoms with Gasteiger partial charge < -0.3 is 5.32 Å². The number of carbonyl (C=O) groups is 1. The van der Waals surface area contributed by atoms with Crippen LogP contribution in [0.25, 0.3) is 0 Å². The molecule has 2 rings (SSSR count). The topological polar surface area (TPSA) is 29.1 Å². The normalized spacial score (nSPS) is 23.0. The Bertz CT molecular complexity index is 476. The molecule has 19 heavy (non-hydrogen) atoms. The molecular formula is C14H16F3NO. The lowest BCUT2D eigenvalue weighted by atomic mass is 9.80. The molecule has 5 heteroatoms. The van der Waals surface area contributed by atoms with Crippen LogP contribution in [0.15, 0.2) is 24.3 Å². The van der Waals surface area contributed by atoms with Gasteiger partial charge in [0.1, 0.15) is 0 Å². The molecule has 0 bridgehead atoms. The molecule has 1 fully saturated rings. The summed E-state index contributed by atoms with van der Waals surface area (Å²) in [7, 11) is 0. The van der Waals surface area contributed by atoms with Crippen molar-refractivity contribution in [2.75, 3.05) is 0 Å². The number of rotatable bonds is 1. The van der Waals surface area contributed by atoms with Gasteiger partial charge in [0, 0.05) is 5.41 Å². The molecule has 0 aromatic heterocycles. The van der Waals surface area contributed by atoms with Crippen LogP contribution in [0.4, 0.5) is 13.2 Å². The van der Waals surface area contributed by atoms with E-state index >= 15 is 0 Å². The highest BCUT2D eigenvalue weighted by atomic mass is 19.4. The Morgan fingerprint density at radius 2 is 1.79 bits per heavy atom. The molecule has 1 heterocycles. The van der Waals surface area contributed by atoms with Gasteiger partial charge in [0.15, 0.2) is 0 Å². The molecule has 1 aromatic rings. The van der Waals surface area contributed by atoms with Crippen molar-refractivity contribution < 1.29 is 18.0 Å². The molecule has 0 radical (unpaired) electrons. The number of nitrogens with one attached hydrogen (secondary N) is 1. The Kier molecular flexibility index (Phi) is 3.32. The van der Waals surface area contributed by atoms with E-state index in [0.717, 1.165) is 30.5 Å². The smallest absolute Gasteiger partial charge is 0.349 e. The van der Waals surface area contributed by atoms with Crippen molar-refractivity contribution in [2.24, 2.45) is 5.41 Å². The fraction of sp³-hybridized carbons (Fsp3) is 0.500. The Morgan fingerprint density at radius 3 is 2.26 bits per heavy atom. The minimum Gasteiger partial charge on any atom is -0.349 e. The fourth-order valence-electron chi connectivity index (χ4n) is 2.20. The third-order valence-corrected chi connectivity index (χ3v) is 3.62. The summed E-state index contributed by atoms with van der Waals surface area (Å²) in [6.07, 6.45) is -2.86. The van der Waals surface area contributed by atoms with E-state index in [-0.39, 0.29) is 11.9 Å². The van der Waals surface area contributed by atoms with Crippen molar-refractivity contribution in [3.63, 3.8) is 0 Å². The maximum Gasteiger partial charge on any atom is 0.416 e. The Balaban J connectivity index is 2.14. The number of piperidine rings is 1. The lowest BCUT2D eigenvalue weighted by molar-refractivity contribution is -0.137. The predicted molar refractivity (Wildman–Crippen MR) is 65.3 cm³/mol. The maximum absolute atomic E-state index is 12.5. The molecule has 1 aliphatic rings. The van der Waals surface area contributed by atoms with Crippen molar-refractivity contribution in [3.8, 4) is 0 Å². The van der Waals surface area contributed by atoms with Crippen LogP contribution in [0.3, 0.4) is 0 Å². The molecular weight excluding hydrogens is 255 g/mol. The van der Waals surface area contributed by atoms with E-state index in [0.29, 0.717) is 0 Å². The van der Waals surface area contributed by atoms with Gasteiger partial charge in [-0.05, 0) is 30.5 Å². The number of benzene rings is 1. The molecule has 1 saturated heterocycles. The van der Waals surface area contributed by atoms with Crippen molar-refractivity contribution in [1.82, 2.24) is 5.32 Å². The van der Waals surface area contributed by atoms with E-state index in [2.05, 4.69) is 5.32 Å². The molecule has 0 aliphatic carbocycles. The van der Waals surface area contributed by atoms with Crippen LogP contribution < -0.4 is 5.32 Å². The average Bonchev–Trinajstić information content (AvgIpc) is 2.32. The van der Waals surface area contributed by atoms with E-state index in [1.807, 2.05) is 13.8 Å². The summed E-state index contributed by atoms with van der Waals surface area (Å²) >= 11 is 0. The minimum absolute atomic E-state index is 0.0522. The van der Waals surface area contributed by atoms with E-state index in [4.69, 9.17) is 0 Å². The van der Waals surface area contributed by atoms with Crippen molar-refractivity contribution in [3.05, 3.63) is 35.4 Å². The molecule has 1 aliphatic heterocycles. The first-order valence-corrected chi connectivity index (χ1v) is 6.18. The molecule has 1 N–H and O–H groups in total. The number of hydrogen-bond donors (Lipinski definition) is 1. The van der Waals surface area contributed by atoms with Gasteiger partial charge in [0.25, 0.3) is 0 Å². The number of amides is 1. The summed E-state index contributed by atoms with van der Waals surface area (Å²) in [5.41, 5.74) is -0.349. The average molecular weight is 271 g/mol. The molecule has 104 valence electrons. The summed E-state index contributed by atoms with van der Waals surface area (Å²) in [5.74, 6) is -0.0522. The van der Waals surface area contributed by atoms with Gasteiger partial charge in [-0.3, -0.25) is 4.79 Å². The third kappa shape index (κ3) is 2.91. The van der Waals surface area contributed by atoms with Gasteiger partial charge in [-0.15, -0.1) is 0 Å². The van der Waals surface area contributed by atoms with Crippen molar-refractivity contribution in [2.45, 2.75) is 38.9 Å². The zero-order valence-corrected chi connectivity index (χ0v) is 10.8. The second-order valence-electron chi connectivity index (χ2n) is 5.57.